The topological polar surface area (TPSA) is 49.6 Å². The van der Waals surface area contributed by atoms with Gasteiger partial charge in [0.05, 0.1) is 12.8 Å². The number of nitrogens with zero attached hydrogens (tertiary/aromatic N) is 1. The van der Waals surface area contributed by atoms with Gasteiger partial charge in [-0.1, -0.05) is 6.92 Å². The Bertz CT molecular complexity index is 546. The lowest BCUT2D eigenvalue weighted by Crippen LogP contribution is -2.38. The van der Waals surface area contributed by atoms with Gasteiger partial charge in [-0.3, -0.25) is 0 Å². The highest BCUT2D eigenvalue weighted by Gasteiger charge is 2.01. The maximum atomic E-state index is 5.32. The van der Waals surface area contributed by atoms with Gasteiger partial charge >= 0.3 is 0 Å². The van der Waals surface area contributed by atoms with Crippen LogP contribution in [0.4, 0.5) is 0 Å². The van der Waals surface area contributed by atoms with E-state index in [-0.39, 0.29) is 0 Å². The summed E-state index contributed by atoms with van der Waals surface area (Å²) in [4.78, 5) is 7.34. The van der Waals surface area contributed by atoms with E-state index >= 15 is 0 Å². The molecule has 0 amide bonds. The molecular formula is C16H23N3OS. The van der Waals surface area contributed by atoms with Gasteiger partial charge in [0.1, 0.15) is 5.76 Å². The van der Waals surface area contributed by atoms with Gasteiger partial charge in [0.2, 0.25) is 0 Å². The summed E-state index contributed by atoms with van der Waals surface area (Å²) in [6.45, 7) is 6.64. The third-order valence-electron chi connectivity index (χ3n) is 3.05. The number of furan rings is 1. The number of rotatable bonds is 7. The summed E-state index contributed by atoms with van der Waals surface area (Å²) in [6, 6.07) is 8.26. The van der Waals surface area contributed by atoms with Gasteiger partial charge in [-0.25, -0.2) is 4.99 Å². The molecule has 0 spiro atoms. The lowest BCUT2D eigenvalue weighted by atomic mass is 10.3. The highest BCUT2D eigenvalue weighted by molar-refractivity contribution is 7.11. The molecule has 0 aliphatic rings. The second-order valence-corrected chi connectivity index (χ2v) is 5.93. The van der Waals surface area contributed by atoms with Crippen LogP contribution in [-0.4, -0.2) is 19.0 Å². The van der Waals surface area contributed by atoms with Crippen LogP contribution in [0.5, 0.6) is 0 Å². The molecule has 114 valence electrons. The lowest BCUT2D eigenvalue weighted by Gasteiger charge is -2.10. The molecule has 0 atom stereocenters. The molecule has 2 aromatic rings. The second-order valence-electron chi connectivity index (χ2n) is 4.67. The van der Waals surface area contributed by atoms with Crippen molar-refractivity contribution in [3.63, 3.8) is 0 Å². The van der Waals surface area contributed by atoms with Crippen molar-refractivity contribution in [3.05, 3.63) is 46.0 Å². The molecule has 0 saturated carbocycles. The number of hydrogen-bond acceptors (Lipinski definition) is 3. The molecule has 0 aliphatic heterocycles. The van der Waals surface area contributed by atoms with Crippen molar-refractivity contribution in [2.75, 3.05) is 13.1 Å². The molecule has 0 aliphatic carbocycles. The highest BCUT2D eigenvalue weighted by Crippen LogP contribution is 2.17. The van der Waals surface area contributed by atoms with E-state index in [1.807, 2.05) is 23.5 Å². The Labute approximate surface area is 130 Å². The molecule has 0 radical (unpaired) electrons. The van der Waals surface area contributed by atoms with E-state index in [0.29, 0.717) is 0 Å². The van der Waals surface area contributed by atoms with E-state index in [1.165, 1.54) is 9.75 Å². The van der Waals surface area contributed by atoms with Gasteiger partial charge in [-0.15, -0.1) is 11.3 Å². The van der Waals surface area contributed by atoms with E-state index in [1.54, 1.807) is 6.26 Å². The molecular weight excluding hydrogens is 282 g/mol. The summed E-state index contributed by atoms with van der Waals surface area (Å²) in [5.74, 6) is 1.85. The zero-order chi connectivity index (χ0) is 14.9. The van der Waals surface area contributed by atoms with Crippen LogP contribution < -0.4 is 10.6 Å². The third kappa shape index (κ3) is 5.27. The molecule has 0 saturated heterocycles. The van der Waals surface area contributed by atoms with Gasteiger partial charge in [0.15, 0.2) is 5.96 Å². The molecule has 0 unspecified atom stereocenters. The van der Waals surface area contributed by atoms with Crippen LogP contribution in [-0.2, 0) is 19.4 Å². The summed E-state index contributed by atoms with van der Waals surface area (Å²) < 4.78 is 5.32. The van der Waals surface area contributed by atoms with Gasteiger partial charge in [0.25, 0.3) is 0 Å². The average molecular weight is 305 g/mol. The van der Waals surface area contributed by atoms with Crippen LogP contribution in [0.2, 0.25) is 0 Å². The monoisotopic (exact) mass is 305 g/mol. The Morgan fingerprint density at radius 3 is 2.71 bits per heavy atom. The first-order valence-electron chi connectivity index (χ1n) is 7.44. The fraction of sp³-hybridized carbons (Fsp3) is 0.438. The number of guanidine groups is 1. The Morgan fingerprint density at radius 2 is 2.05 bits per heavy atom. The second kappa shape index (κ2) is 8.52. The van der Waals surface area contributed by atoms with E-state index in [2.05, 4.69) is 41.6 Å². The van der Waals surface area contributed by atoms with Gasteiger partial charge in [0, 0.05) is 29.3 Å². The normalized spacial score (nSPS) is 11.6. The van der Waals surface area contributed by atoms with Crippen molar-refractivity contribution >= 4 is 17.3 Å². The summed E-state index contributed by atoms with van der Waals surface area (Å²) in [5, 5.41) is 6.60. The summed E-state index contributed by atoms with van der Waals surface area (Å²) in [6.07, 6.45) is 3.66. The Balaban J connectivity index is 1.83. The van der Waals surface area contributed by atoms with Crippen molar-refractivity contribution < 1.29 is 4.42 Å². The molecule has 2 N–H and O–H groups in total. The number of nitrogens with one attached hydrogen (secondary N) is 2. The molecule has 21 heavy (non-hydrogen) atoms. The van der Waals surface area contributed by atoms with Crippen LogP contribution in [0.15, 0.2) is 39.9 Å². The first kappa shape index (κ1) is 15.6. The summed E-state index contributed by atoms with van der Waals surface area (Å²) in [7, 11) is 0. The van der Waals surface area contributed by atoms with Crippen molar-refractivity contribution in [1.29, 1.82) is 0 Å². The van der Waals surface area contributed by atoms with E-state index in [9.17, 15) is 0 Å². The van der Waals surface area contributed by atoms with Crippen molar-refractivity contribution in [2.45, 2.75) is 33.2 Å². The van der Waals surface area contributed by atoms with Gasteiger partial charge in [-0.2, -0.15) is 0 Å². The molecule has 5 heteroatoms. The largest absolute Gasteiger partial charge is 0.469 e. The first-order chi connectivity index (χ1) is 10.3. The highest BCUT2D eigenvalue weighted by atomic mass is 32.1. The Morgan fingerprint density at radius 1 is 1.19 bits per heavy atom. The minimum absolute atomic E-state index is 0.723. The van der Waals surface area contributed by atoms with Gasteiger partial charge < -0.3 is 15.1 Å². The molecule has 2 aromatic heterocycles. The van der Waals surface area contributed by atoms with E-state index in [4.69, 9.17) is 4.42 Å². The SMILES string of the molecule is CCNC(=NCc1ccc(CC)s1)NCCc1ccco1. The quantitative estimate of drug-likeness (QED) is 0.610. The van der Waals surface area contributed by atoms with Crippen LogP contribution >= 0.6 is 11.3 Å². The zero-order valence-corrected chi connectivity index (χ0v) is 13.5. The van der Waals surface area contributed by atoms with Crippen molar-refractivity contribution in [1.82, 2.24) is 10.6 Å². The summed E-state index contributed by atoms with van der Waals surface area (Å²) >= 11 is 1.84. The predicted molar refractivity (Wildman–Crippen MR) is 88.9 cm³/mol. The fourth-order valence-corrected chi connectivity index (χ4v) is 2.84. The number of thiophene rings is 1. The molecule has 2 rings (SSSR count). The average Bonchev–Trinajstić information content (AvgIpc) is 3.16. The zero-order valence-electron chi connectivity index (χ0n) is 12.7. The Hall–Kier alpha value is -1.75. The van der Waals surface area contributed by atoms with Crippen LogP contribution in [0.1, 0.15) is 29.4 Å². The maximum absolute atomic E-state index is 5.32. The van der Waals surface area contributed by atoms with Crippen LogP contribution in [0.25, 0.3) is 0 Å². The number of aryl methyl sites for hydroxylation is 1. The van der Waals surface area contributed by atoms with E-state index < -0.39 is 0 Å². The smallest absolute Gasteiger partial charge is 0.191 e. The molecule has 4 nitrogen and oxygen atoms in total. The number of aliphatic imine (C=N–C) groups is 1. The van der Waals surface area contributed by atoms with Gasteiger partial charge in [-0.05, 0) is 37.6 Å². The maximum Gasteiger partial charge on any atom is 0.191 e. The number of hydrogen-bond donors (Lipinski definition) is 2. The van der Waals surface area contributed by atoms with Crippen molar-refractivity contribution in [3.8, 4) is 0 Å². The molecule has 0 aromatic carbocycles. The third-order valence-corrected chi connectivity index (χ3v) is 4.26. The first-order valence-corrected chi connectivity index (χ1v) is 8.25. The fourth-order valence-electron chi connectivity index (χ4n) is 1.95. The Kier molecular flexibility index (Phi) is 6.34. The molecule has 2 heterocycles. The summed E-state index contributed by atoms with van der Waals surface area (Å²) in [5.41, 5.74) is 0. The molecule has 0 fully saturated rings. The minimum atomic E-state index is 0.723. The van der Waals surface area contributed by atoms with Crippen LogP contribution in [0.3, 0.4) is 0 Å². The lowest BCUT2D eigenvalue weighted by molar-refractivity contribution is 0.507. The minimum Gasteiger partial charge on any atom is -0.469 e. The standard InChI is InChI=1S/C16H23N3OS/c1-3-14-7-8-15(21-14)12-19-16(17-4-2)18-10-9-13-6-5-11-20-13/h5-8,11H,3-4,9-10,12H2,1-2H3,(H2,17,18,19). The predicted octanol–water partition coefficient (Wildman–Crippen LogP) is 3.20. The van der Waals surface area contributed by atoms with Crippen LogP contribution in [0, 0.1) is 0 Å². The van der Waals surface area contributed by atoms with E-state index in [0.717, 1.165) is 44.2 Å². The van der Waals surface area contributed by atoms with Crippen molar-refractivity contribution in [2.24, 2.45) is 4.99 Å². The molecule has 0 bridgehead atoms.